The molecule has 0 saturated carbocycles. The molecule has 6 heteroatoms. The van der Waals surface area contributed by atoms with Crippen molar-refractivity contribution in [2.45, 2.75) is 50.9 Å². The van der Waals surface area contributed by atoms with E-state index in [4.69, 9.17) is 4.74 Å². The van der Waals surface area contributed by atoms with Crippen LogP contribution >= 0.6 is 0 Å². The maximum Gasteiger partial charge on any atom is 0.269 e. The second-order valence-electron chi connectivity index (χ2n) is 6.04. The van der Waals surface area contributed by atoms with E-state index in [-0.39, 0.29) is 35.8 Å². The van der Waals surface area contributed by atoms with Crippen molar-refractivity contribution in [3.63, 3.8) is 0 Å². The van der Waals surface area contributed by atoms with E-state index in [1.54, 1.807) is 6.07 Å². The highest BCUT2D eigenvalue weighted by Gasteiger charge is 2.44. The lowest BCUT2D eigenvalue weighted by Gasteiger charge is -2.23. The third kappa shape index (κ3) is 2.83. The topological polar surface area (TPSA) is 81.5 Å². The van der Waals surface area contributed by atoms with Crippen molar-refractivity contribution < 1.29 is 14.5 Å². The molecule has 2 saturated heterocycles. The summed E-state index contributed by atoms with van der Waals surface area (Å²) < 4.78 is 5.73. The zero-order chi connectivity index (χ0) is 15.7. The van der Waals surface area contributed by atoms with E-state index in [0.29, 0.717) is 6.42 Å². The fourth-order valence-electron chi connectivity index (χ4n) is 3.47. The lowest BCUT2D eigenvalue weighted by atomic mass is 9.88. The minimum atomic E-state index is -0.415. The Bertz CT molecular complexity index is 589. The van der Waals surface area contributed by atoms with Gasteiger partial charge in [-0.3, -0.25) is 14.9 Å². The van der Waals surface area contributed by atoms with E-state index in [0.717, 1.165) is 24.8 Å². The van der Waals surface area contributed by atoms with Gasteiger partial charge in [0.2, 0.25) is 5.91 Å². The van der Waals surface area contributed by atoms with Gasteiger partial charge in [0.05, 0.1) is 29.1 Å². The van der Waals surface area contributed by atoms with Gasteiger partial charge in [-0.25, -0.2) is 0 Å². The number of rotatable bonds is 5. The molecule has 1 N–H and O–H groups in total. The molecule has 3 rings (SSSR count). The van der Waals surface area contributed by atoms with Crippen molar-refractivity contribution >= 4 is 11.6 Å². The number of hydrogen-bond acceptors (Lipinski definition) is 4. The van der Waals surface area contributed by atoms with Crippen molar-refractivity contribution in [1.29, 1.82) is 0 Å². The quantitative estimate of drug-likeness (QED) is 0.670. The number of benzene rings is 1. The third-order valence-corrected chi connectivity index (χ3v) is 4.65. The van der Waals surface area contributed by atoms with Gasteiger partial charge in [-0.05, 0) is 31.2 Å². The number of carbonyl (C=O) groups is 1. The van der Waals surface area contributed by atoms with Gasteiger partial charge in [-0.2, -0.15) is 0 Å². The number of fused-ring (bicyclic) bond motifs is 2. The van der Waals surface area contributed by atoms with Crippen molar-refractivity contribution in [2.75, 3.05) is 0 Å². The predicted molar refractivity (Wildman–Crippen MR) is 80.3 cm³/mol. The Morgan fingerprint density at radius 2 is 2.32 bits per heavy atom. The summed E-state index contributed by atoms with van der Waals surface area (Å²) in [6.07, 6.45) is 3.77. The number of nitrogens with one attached hydrogen (secondary N) is 1. The van der Waals surface area contributed by atoms with Crippen LogP contribution < -0.4 is 5.32 Å². The van der Waals surface area contributed by atoms with Gasteiger partial charge < -0.3 is 10.1 Å². The number of nitro benzene ring substituents is 1. The minimum absolute atomic E-state index is 0.00514. The van der Waals surface area contributed by atoms with Crippen LogP contribution in [0.15, 0.2) is 24.3 Å². The molecule has 0 aromatic heterocycles. The molecule has 2 heterocycles. The maximum absolute atomic E-state index is 12.5. The van der Waals surface area contributed by atoms with Gasteiger partial charge >= 0.3 is 0 Å². The Morgan fingerprint density at radius 3 is 2.91 bits per heavy atom. The predicted octanol–water partition coefficient (Wildman–Crippen LogP) is 2.73. The first kappa shape index (κ1) is 15.0. The number of amides is 1. The highest BCUT2D eigenvalue weighted by Crippen LogP contribution is 2.39. The molecule has 1 aromatic carbocycles. The first-order valence-electron chi connectivity index (χ1n) is 7.78. The molecule has 4 atom stereocenters. The highest BCUT2D eigenvalue weighted by molar-refractivity contribution is 5.80. The molecule has 118 valence electrons. The van der Waals surface area contributed by atoms with Crippen LogP contribution in [0.4, 0.5) is 5.69 Å². The zero-order valence-electron chi connectivity index (χ0n) is 12.5. The molecule has 2 aliphatic heterocycles. The fraction of sp³-hybridized carbons (Fsp3) is 0.562. The van der Waals surface area contributed by atoms with Crippen LogP contribution in [0, 0.1) is 16.0 Å². The van der Waals surface area contributed by atoms with E-state index < -0.39 is 4.92 Å². The first-order valence-corrected chi connectivity index (χ1v) is 7.78. The molecular weight excluding hydrogens is 284 g/mol. The second-order valence-corrected chi connectivity index (χ2v) is 6.04. The molecule has 0 aliphatic carbocycles. The number of ether oxygens (including phenoxy) is 1. The van der Waals surface area contributed by atoms with E-state index in [2.05, 4.69) is 5.32 Å². The molecule has 0 radical (unpaired) electrons. The summed E-state index contributed by atoms with van der Waals surface area (Å²) in [5.41, 5.74) is 0.822. The molecule has 0 unspecified atom stereocenters. The normalized spacial score (nSPS) is 27.6. The van der Waals surface area contributed by atoms with Crippen molar-refractivity contribution in [2.24, 2.45) is 5.92 Å². The maximum atomic E-state index is 12.5. The van der Waals surface area contributed by atoms with Crippen LogP contribution in [-0.4, -0.2) is 23.0 Å². The minimum Gasteiger partial charge on any atom is -0.374 e. The fourth-order valence-corrected chi connectivity index (χ4v) is 3.47. The SMILES string of the molecule is CC[C@H](NC(=O)[C@@H]1C[C@H]2CC[C@H]1O2)c1cccc([N+](=O)[O-])c1. The van der Waals surface area contributed by atoms with E-state index >= 15 is 0 Å². The molecule has 1 amide bonds. The van der Waals surface area contributed by atoms with Crippen LogP contribution in [-0.2, 0) is 9.53 Å². The van der Waals surface area contributed by atoms with Crippen LogP contribution in [0.5, 0.6) is 0 Å². The molecular formula is C16H20N2O4. The van der Waals surface area contributed by atoms with Crippen LogP contribution in [0.25, 0.3) is 0 Å². The van der Waals surface area contributed by atoms with Crippen molar-refractivity contribution in [1.82, 2.24) is 5.32 Å². The number of hydrogen-bond donors (Lipinski definition) is 1. The Balaban J connectivity index is 1.70. The van der Waals surface area contributed by atoms with Crippen LogP contribution in [0.1, 0.15) is 44.2 Å². The summed E-state index contributed by atoms with van der Waals surface area (Å²) in [4.78, 5) is 22.9. The molecule has 6 nitrogen and oxygen atoms in total. The second kappa shape index (κ2) is 6.04. The number of carbonyl (C=O) groups excluding carboxylic acids is 1. The molecule has 2 bridgehead atoms. The summed E-state index contributed by atoms with van der Waals surface area (Å²) in [7, 11) is 0. The van der Waals surface area contributed by atoms with E-state index in [1.807, 2.05) is 13.0 Å². The van der Waals surface area contributed by atoms with E-state index in [9.17, 15) is 14.9 Å². The van der Waals surface area contributed by atoms with Crippen molar-refractivity contribution in [3.8, 4) is 0 Å². The summed E-state index contributed by atoms with van der Waals surface area (Å²) in [5, 5.41) is 13.9. The Morgan fingerprint density at radius 1 is 1.50 bits per heavy atom. The van der Waals surface area contributed by atoms with Gasteiger partial charge in [0, 0.05) is 12.1 Å². The number of non-ortho nitro benzene ring substituents is 1. The monoisotopic (exact) mass is 304 g/mol. The largest absolute Gasteiger partial charge is 0.374 e. The molecule has 22 heavy (non-hydrogen) atoms. The summed E-state index contributed by atoms with van der Waals surface area (Å²) in [5.74, 6) is -0.0722. The standard InChI is InChI=1S/C16H20N2O4/c1-2-14(10-4-3-5-11(8-10)18(20)21)17-16(19)13-9-12-6-7-15(13)22-12/h3-5,8,12-15H,2,6-7,9H2,1H3,(H,17,19)/t12-,13-,14+,15-/m1/s1. The summed E-state index contributed by atoms with van der Waals surface area (Å²) >= 11 is 0. The summed E-state index contributed by atoms with van der Waals surface area (Å²) in [6.45, 7) is 1.96. The molecule has 1 aromatic rings. The Kier molecular flexibility index (Phi) is 4.11. The van der Waals surface area contributed by atoms with E-state index in [1.165, 1.54) is 12.1 Å². The van der Waals surface area contributed by atoms with Gasteiger partial charge in [0.15, 0.2) is 0 Å². The van der Waals surface area contributed by atoms with Gasteiger partial charge in [0.25, 0.3) is 5.69 Å². The molecule has 2 aliphatic rings. The molecule has 0 spiro atoms. The Hall–Kier alpha value is -1.95. The average Bonchev–Trinajstić information content (AvgIpc) is 3.15. The lowest BCUT2D eigenvalue weighted by molar-refractivity contribution is -0.384. The first-order chi connectivity index (χ1) is 10.6. The van der Waals surface area contributed by atoms with Crippen LogP contribution in [0.3, 0.4) is 0 Å². The number of nitro groups is 1. The third-order valence-electron chi connectivity index (χ3n) is 4.65. The Labute approximate surface area is 129 Å². The zero-order valence-corrected chi connectivity index (χ0v) is 12.5. The molecule has 2 fully saturated rings. The van der Waals surface area contributed by atoms with Gasteiger partial charge in [-0.1, -0.05) is 19.1 Å². The summed E-state index contributed by atoms with van der Waals surface area (Å²) in [6, 6.07) is 6.27. The smallest absolute Gasteiger partial charge is 0.269 e. The van der Waals surface area contributed by atoms with Gasteiger partial charge in [0.1, 0.15) is 0 Å². The number of nitrogens with zero attached hydrogens (tertiary/aromatic N) is 1. The lowest BCUT2D eigenvalue weighted by Crippen LogP contribution is -2.38. The van der Waals surface area contributed by atoms with Gasteiger partial charge in [-0.15, -0.1) is 0 Å². The van der Waals surface area contributed by atoms with Crippen molar-refractivity contribution in [3.05, 3.63) is 39.9 Å². The highest BCUT2D eigenvalue weighted by atomic mass is 16.6. The van der Waals surface area contributed by atoms with Crippen LogP contribution in [0.2, 0.25) is 0 Å². The average molecular weight is 304 g/mol.